The molecule has 1 aromatic carbocycles. The van der Waals surface area contributed by atoms with E-state index in [1.165, 1.54) is 0 Å². The number of ether oxygens (including phenoxy) is 1. The summed E-state index contributed by atoms with van der Waals surface area (Å²) in [5.41, 5.74) is 7.25. The highest BCUT2D eigenvalue weighted by Crippen LogP contribution is 2.46. The molecule has 2 aromatic rings. The average molecular weight is 245 g/mol. The van der Waals surface area contributed by atoms with E-state index >= 15 is 0 Å². The van der Waals surface area contributed by atoms with Crippen LogP contribution in [0, 0.1) is 5.92 Å². The first-order valence-electron chi connectivity index (χ1n) is 5.96. The lowest BCUT2D eigenvalue weighted by atomic mass is 10.1. The van der Waals surface area contributed by atoms with Gasteiger partial charge in [0.05, 0.1) is 12.7 Å². The second-order valence-corrected chi connectivity index (χ2v) is 4.73. The predicted octanol–water partition coefficient (Wildman–Crippen LogP) is 2.45. The molecule has 1 aromatic heterocycles. The number of aromatic nitrogens is 2. The van der Waals surface area contributed by atoms with Gasteiger partial charge in [0.1, 0.15) is 5.75 Å². The second kappa shape index (κ2) is 4.01. The molecule has 5 nitrogen and oxygen atoms in total. The molecule has 0 bridgehead atoms. The Hall–Kier alpha value is -2.04. The van der Waals surface area contributed by atoms with E-state index in [1.54, 1.807) is 19.2 Å². The maximum absolute atomic E-state index is 5.92. The summed E-state index contributed by atoms with van der Waals surface area (Å²) in [4.78, 5) is 4.42. The minimum absolute atomic E-state index is 0.439. The molecule has 0 radical (unpaired) electrons. The zero-order chi connectivity index (χ0) is 12.7. The lowest BCUT2D eigenvalue weighted by Crippen LogP contribution is -1.92. The number of hydrogen-bond acceptors (Lipinski definition) is 5. The standard InChI is InChI=1S/C13H15N3O2/c1-7-5-9(7)12-15-13(18-16-12)10-6-8(17-2)3-4-11(10)14/h3-4,6-7,9H,5,14H2,1-2H3. The lowest BCUT2D eigenvalue weighted by Gasteiger charge is -2.03. The minimum Gasteiger partial charge on any atom is -0.497 e. The smallest absolute Gasteiger partial charge is 0.260 e. The van der Waals surface area contributed by atoms with E-state index in [2.05, 4.69) is 17.1 Å². The molecule has 1 aliphatic carbocycles. The van der Waals surface area contributed by atoms with E-state index in [-0.39, 0.29) is 0 Å². The van der Waals surface area contributed by atoms with Crippen molar-refractivity contribution in [3.8, 4) is 17.2 Å². The van der Waals surface area contributed by atoms with Gasteiger partial charge in [0.15, 0.2) is 5.82 Å². The van der Waals surface area contributed by atoms with Crippen molar-refractivity contribution in [2.24, 2.45) is 5.92 Å². The molecule has 1 aliphatic rings. The number of anilines is 1. The molecule has 0 amide bonds. The van der Waals surface area contributed by atoms with Gasteiger partial charge in [-0.3, -0.25) is 0 Å². The van der Waals surface area contributed by atoms with Gasteiger partial charge in [0, 0.05) is 11.6 Å². The quantitative estimate of drug-likeness (QED) is 0.841. The highest BCUT2D eigenvalue weighted by atomic mass is 16.5. The normalized spacial score (nSPS) is 21.9. The van der Waals surface area contributed by atoms with Gasteiger partial charge in [-0.15, -0.1) is 0 Å². The summed E-state index contributed by atoms with van der Waals surface area (Å²) in [7, 11) is 1.61. The van der Waals surface area contributed by atoms with Crippen LogP contribution in [0.5, 0.6) is 5.75 Å². The Balaban J connectivity index is 1.96. The Bertz CT molecular complexity index is 579. The van der Waals surface area contributed by atoms with Crippen LogP contribution in [0.4, 0.5) is 5.69 Å². The third kappa shape index (κ3) is 1.81. The number of nitrogens with two attached hydrogens (primary N) is 1. The van der Waals surface area contributed by atoms with Crippen LogP contribution in [0.1, 0.15) is 25.1 Å². The Labute approximate surface area is 105 Å². The summed E-state index contributed by atoms with van der Waals surface area (Å²) in [5.74, 6) is 3.05. The topological polar surface area (TPSA) is 74.2 Å². The molecular weight excluding hydrogens is 230 g/mol. The molecule has 0 spiro atoms. The summed E-state index contributed by atoms with van der Waals surface area (Å²) in [5, 5.41) is 4.02. The first-order chi connectivity index (χ1) is 8.69. The van der Waals surface area contributed by atoms with E-state index in [4.69, 9.17) is 15.0 Å². The van der Waals surface area contributed by atoms with Crippen molar-refractivity contribution in [1.29, 1.82) is 0 Å². The van der Waals surface area contributed by atoms with Gasteiger partial charge >= 0.3 is 0 Å². The highest BCUT2D eigenvalue weighted by Gasteiger charge is 2.38. The summed E-state index contributed by atoms with van der Waals surface area (Å²) in [6, 6.07) is 5.39. The summed E-state index contributed by atoms with van der Waals surface area (Å²) >= 11 is 0. The maximum Gasteiger partial charge on any atom is 0.260 e. The van der Waals surface area contributed by atoms with E-state index in [9.17, 15) is 0 Å². The number of nitrogens with zero attached hydrogens (tertiary/aromatic N) is 2. The summed E-state index contributed by atoms with van der Waals surface area (Å²) in [6.07, 6.45) is 1.13. The largest absolute Gasteiger partial charge is 0.497 e. The van der Waals surface area contributed by atoms with Crippen LogP contribution < -0.4 is 10.5 Å². The molecule has 5 heteroatoms. The Morgan fingerprint density at radius 1 is 1.44 bits per heavy atom. The van der Waals surface area contributed by atoms with Crippen molar-refractivity contribution in [2.75, 3.05) is 12.8 Å². The molecule has 18 heavy (non-hydrogen) atoms. The third-order valence-corrected chi connectivity index (χ3v) is 3.37. The minimum atomic E-state index is 0.439. The van der Waals surface area contributed by atoms with Crippen LogP contribution in [-0.2, 0) is 0 Å². The number of rotatable bonds is 3. The molecule has 1 heterocycles. The van der Waals surface area contributed by atoms with Crippen molar-refractivity contribution in [1.82, 2.24) is 10.1 Å². The number of methoxy groups -OCH3 is 1. The average Bonchev–Trinajstić information content (AvgIpc) is 2.92. The van der Waals surface area contributed by atoms with E-state index in [0.29, 0.717) is 23.4 Å². The van der Waals surface area contributed by atoms with E-state index in [0.717, 1.165) is 23.6 Å². The Morgan fingerprint density at radius 2 is 2.22 bits per heavy atom. The SMILES string of the molecule is COc1ccc(N)c(-c2nc(C3CC3C)no2)c1. The predicted molar refractivity (Wildman–Crippen MR) is 67.2 cm³/mol. The zero-order valence-electron chi connectivity index (χ0n) is 10.4. The molecule has 1 fully saturated rings. The van der Waals surface area contributed by atoms with Crippen LogP contribution in [0.15, 0.2) is 22.7 Å². The molecule has 3 rings (SSSR count). The zero-order valence-corrected chi connectivity index (χ0v) is 10.4. The molecule has 2 atom stereocenters. The van der Waals surface area contributed by atoms with Crippen molar-refractivity contribution < 1.29 is 9.26 Å². The van der Waals surface area contributed by atoms with Gasteiger partial charge in [-0.2, -0.15) is 4.98 Å². The Kier molecular flexibility index (Phi) is 2.47. The van der Waals surface area contributed by atoms with Crippen molar-refractivity contribution in [3.63, 3.8) is 0 Å². The van der Waals surface area contributed by atoms with Gasteiger partial charge in [-0.05, 0) is 30.5 Å². The fraction of sp³-hybridized carbons (Fsp3) is 0.385. The monoisotopic (exact) mass is 245 g/mol. The lowest BCUT2D eigenvalue weighted by molar-refractivity contribution is 0.412. The molecule has 0 aliphatic heterocycles. The van der Waals surface area contributed by atoms with Gasteiger partial charge in [0.25, 0.3) is 5.89 Å². The molecule has 94 valence electrons. The summed E-state index contributed by atoms with van der Waals surface area (Å²) in [6.45, 7) is 2.18. The van der Waals surface area contributed by atoms with Crippen molar-refractivity contribution >= 4 is 5.69 Å². The van der Waals surface area contributed by atoms with Crippen molar-refractivity contribution in [3.05, 3.63) is 24.0 Å². The molecule has 2 N–H and O–H groups in total. The van der Waals surface area contributed by atoms with Crippen LogP contribution in [0.2, 0.25) is 0 Å². The fourth-order valence-electron chi connectivity index (χ4n) is 2.02. The fourth-order valence-corrected chi connectivity index (χ4v) is 2.02. The second-order valence-electron chi connectivity index (χ2n) is 4.73. The van der Waals surface area contributed by atoms with Crippen LogP contribution in [0.3, 0.4) is 0 Å². The first-order valence-corrected chi connectivity index (χ1v) is 5.96. The van der Waals surface area contributed by atoms with Crippen LogP contribution >= 0.6 is 0 Å². The van der Waals surface area contributed by atoms with Gasteiger partial charge in [-0.25, -0.2) is 0 Å². The molecule has 1 saturated carbocycles. The van der Waals surface area contributed by atoms with Gasteiger partial charge in [-0.1, -0.05) is 12.1 Å². The molecule has 2 unspecified atom stereocenters. The van der Waals surface area contributed by atoms with Crippen molar-refractivity contribution in [2.45, 2.75) is 19.3 Å². The van der Waals surface area contributed by atoms with Gasteiger partial charge in [0.2, 0.25) is 0 Å². The van der Waals surface area contributed by atoms with E-state index in [1.807, 2.05) is 6.07 Å². The highest BCUT2D eigenvalue weighted by molar-refractivity contribution is 5.72. The van der Waals surface area contributed by atoms with E-state index < -0.39 is 0 Å². The maximum atomic E-state index is 5.92. The first kappa shape index (κ1) is 11.1. The number of benzene rings is 1. The van der Waals surface area contributed by atoms with Crippen LogP contribution in [0.25, 0.3) is 11.5 Å². The molecular formula is C13H15N3O2. The molecule has 0 saturated heterocycles. The summed E-state index contributed by atoms with van der Waals surface area (Å²) < 4.78 is 10.5. The number of nitrogen functional groups attached to an aromatic ring is 1. The third-order valence-electron chi connectivity index (χ3n) is 3.37. The Morgan fingerprint density at radius 3 is 2.89 bits per heavy atom. The van der Waals surface area contributed by atoms with Crippen LogP contribution in [-0.4, -0.2) is 17.3 Å². The number of hydrogen-bond donors (Lipinski definition) is 1. The van der Waals surface area contributed by atoms with Gasteiger partial charge < -0.3 is 15.0 Å².